The number of hydrogen-bond donors (Lipinski definition) is 0. The fourth-order valence-electron chi connectivity index (χ4n) is 2.04. The van der Waals surface area contributed by atoms with Crippen molar-refractivity contribution in [3.05, 3.63) is 36.4 Å². The summed E-state index contributed by atoms with van der Waals surface area (Å²) in [5, 5.41) is 1.38. The molecule has 0 unspecified atom stereocenters. The first-order chi connectivity index (χ1) is 10.2. The van der Waals surface area contributed by atoms with E-state index in [0.29, 0.717) is 0 Å². The maximum absolute atomic E-state index is 5.95. The number of allylic oxidation sites excluding steroid dienone is 1. The van der Waals surface area contributed by atoms with Crippen LogP contribution in [0.25, 0.3) is 5.57 Å². The van der Waals surface area contributed by atoms with Crippen molar-refractivity contribution in [2.75, 3.05) is 13.2 Å². The second-order valence-electron chi connectivity index (χ2n) is 5.56. The summed E-state index contributed by atoms with van der Waals surface area (Å²) in [6.45, 7) is 12.1. The van der Waals surface area contributed by atoms with E-state index in [1.54, 1.807) is 0 Å². The van der Waals surface area contributed by atoms with Crippen molar-refractivity contribution in [3.8, 4) is 0 Å². The Balaban J connectivity index is 2.60. The van der Waals surface area contributed by atoms with E-state index in [-0.39, 0.29) is 5.91 Å². The van der Waals surface area contributed by atoms with E-state index in [2.05, 4.69) is 44.7 Å². The summed E-state index contributed by atoms with van der Waals surface area (Å²) in [5.41, 5.74) is 2.34. The lowest BCUT2D eigenvalue weighted by atomic mass is 10.1. The van der Waals surface area contributed by atoms with Crippen molar-refractivity contribution in [1.82, 2.24) is 0 Å². The van der Waals surface area contributed by atoms with Crippen LogP contribution in [0.5, 0.6) is 0 Å². The van der Waals surface area contributed by atoms with Crippen LogP contribution in [0.4, 0.5) is 0 Å². The second kappa shape index (κ2) is 10.8. The molecule has 118 valence electrons. The SMILES string of the molecule is C=C(C)c1cccc([SiH2]C(OCCCC)OCCCC)c1. The standard InChI is InChI=1S/C18H30O2Si/c1-5-7-12-19-18(20-13-8-6-2)21-17-11-9-10-16(14-17)15(3)4/h9-11,14,18H,3,5-8,12-13,21H2,1-2,4H3. The van der Waals surface area contributed by atoms with Gasteiger partial charge in [0.2, 0.25) is 0 Å². The topological polar surface area (TPSA) is 18.5 Å². The van der Waals surface area contributed by atoms with Gasteiger partial charge in [0.25, 0.3) is 0 Å². The normalized spacial score (nSPS) is 11.6. The van der Waals surface area contributed by atoms with Crippen LogP contribution in [0.15, 0.2) is 30.8 Å². The Morgan fingerprint density at radius 3 is 2.29 bits per heavy atom. The van der Waals surface area contributed by atoms with Crippen LogP contribution in [0.1, 0.15) is 52.0 Å². The zero-order valence-electron chi connectivity index (χ0n) is 13.9. The van der Waals surface area contributed by atoms with E-state index in [9.17, 15) is 0 Å². The van der Waals surface area contributed by atoms with Gasteiger partial charge in [0.15, 0.2) is 0 Å². The van der Waals surface area contributed by atoms with Gasteiger partial charge in [-0.15, -0.1) is 0 Å². The highest BCUT2D eigenvalue weighted by Gasteiger charge is 2.11. The summed E-state index contributed by atoms with van der Waals surface area (Å²) >= 11 is 0. The van der Waals surface area contributed by atoms with Gasteiger partial charge in [-0.3, -0.25) is 0 Å². The van der Waals surface area contributed by atoms with Crippen molar-refractivity contribution in [3.63, 3.8) is 0 Å². The summed E-state index contributed by atoms with van der Waals surface area (Å²) in [6, 6.07) is 8.67. The first-order valence-electron chi connectivity index (χ1n) is 8.15. The zero-order valence-corrected chi connectivity index (χ0v) is 15.3. The molecular formula is C18H30O2Si. The lowest BCUT2D eigenvalue weighted by Gasteiger charge is -2.19. The molecule has 0 aliphatic heterocycles. The van der Waals surface area contributed by atoms with Gasteiger partial charge in [-0.25, -0.2) is 0 Å². The lowest BCUT2D eigenvalue weighted by Crippen LogP contribution is -2.33. The molecule has 0 heterocycles. The minimum atomic E-state index is -0.592. The van der Waals surface area contributed by atoms with Gasteiger partial charge in [0.05, 0.1) is 0 Å². The smallest absolute Gasteiger partial charge is 0.139 e. The third-order valence-electron chi connectivity index (χ3n) is 3.43. The van der Waals surface area contributed by atoms with Gasteiger partial charge in [-0.1, -0.05) is 68.3 Å². The monoisotopic (exact) mass is 306 g/mol. The quantitative estimate of drug-likeness (QED) is 0.354. The Labute approximate surface area is 132 Å². The Morgan fingerprint density at radius 2 is 1.76 bits per heavy atom. The highest BCUT2D eigenvalue weighted by atomic mass is 28.2. The lowest BCUT2D eigenvalue weighted by molar-refractivity contribution is -0.0910. The predicted molar refractivity (Wildman–Crippen MR) is 94.8 cm³/mol. The molecule has 0 fully saturated rings. The van der Waals surface area contributed by atoms with Crippen LogP contribution in [-0.2, 0) is 9.47 Å². The average molecular weight is 307 g/mol. The molecule has 2 nitrogen and oxygen atoms in total. The molecule has 0 aliphatic rings. The number of ether oxygens (including phenoxy) is 2. The zero-order chi connectivity index (χ0) is 15.5. The van der Waals surface area contributed by atoms with Crippen LogP contribution in [-0.4, -0.2) is 28.6 Å². The molecule has 1 rings (SSSR count). The van der Waals surface area contributed by atoms with Gasteiger partial charge in [-0.05, 0) is 25.3 Å². The van der Waals surface area contributed by atoms with Gasteiger partial charge in [-0.2, -0.15) is 0 Å². The molecule has 0 aliphatic carbocycles. The molecule has 3 heteroatoms. The minimum absolute atomic E-state index is 0.00321. The molecule has 0 spiro atoms. The molecule has 0 bridgehead atoms. The van der Waals surface area contributed by atoms with Gasteiger partial charge < -0.3 is 9.47 Å². The van der Waals surface area contributed by atoms with E-state index in [1.807, 2.05) is 6.92 Å². The van der Waals surface area contributed by atoms with Crippen molar-refractivity contribution in [1.29, 1.82) is 0 Å². The summed E-state index contributed by atoms with van der Waals surface area (Å²) in [7, 11) is -0.592. The van der Waals surface area contributed by atoms with Crippen molar-refractivity contribution in [2.24, 2.45) is 0 Å². The summed E-state index contributed by atoms with van der Waals surface area (Å²) in [6.07, 6.45) is 4.53. The molecule has 0 amide bonds. The highest BCUT2D eigenvalue weighted by molar-refractivity contribution is 6.54. The van der Waals surface area contributed by atoms with E-state index in [0.717, 1.165) is 44.5 Å². The predicted octanol–water partition coefficient (Wildman–Crippen LogP) is 3.43. The fourth-order valence-corrected chi connectivity index (χ4v) is 3.60. The number of benzene rings is 1. The molecule has 0 aromatic heterocycles. The van der Waals surface area contributed by atoms with Crippen molar-refractivity contribution < 1.29 is 9.47 Å². The molecule has 21 heavy (non-hydrogen) atoms. The second-order valence-corrected chi connectivity index (χ2v) is 7.45. The fraction of sp³-hybridized carbons (Fsp3) is 0.556. The molecule has 1 aromatic carbocycles. The summed E-state index contributed by atoms with van der Waals surface area (Å²) < 4.78 is 11.9. The Bertz CT molecular complexity index is 407. The van der Waals surface area contributed by atoms with E-state index in [4.69, 9.17) is 9.47 Å². The Kier molecular flexibility index (Phi) is 9.31. The molecule has 0 radical (unpaired) electrons. The maximum atomic E-state index is 5.95. The van der Waals surface area contributed by atoms with Crippen LogP contribution < -0.4 is 5.19 Å². The molecule has 0 saturated heterocycles. The molecule has 0 atom stereocenters. The average Bonchev–Trinajstić information content (AvgIpc) is 2.48. The number of hydrogen-bond acceptors (Lipinski definition) is 2. The largest absolute Gasteiger partial charge is 0.357 e. The first-order valence-corrected chi connectivity index (χ1v) is 9.67. The van der Waals surface area contributed by atoms with Crippen LogP contribution >= 0.6 is 0 Å². The van der Waals surface area contributed by atoms with Crippen molar-refractivity contribution >= 4 is 20.3 Å². The minimum Gasteiger partial charge on any atom is -0.357 e. The van der Waals surface area contributed by atoms with Crippen LogP contribution in [0, 0.1) is 0 Å². The summed E-state index contributed by atoms with van der Waals surface area (Å²) in [4.78, 5) is 0. The van der Waals surface area contributed by atoms with Gasteiger partial charge >= 0.3 is 0 Å². The van der Waals surface area contributed by atoms with Crippen LogP contribution in [0.2, 0.25) is 0 Å². The Hall–Kier alpha value is -0.903. The van der Waals surface area contributed by atoms with Gasteiger partial charge in [0, 0.05) is 13.2 Å². The Morgan fingerprint density at radius 1 is 1.14 bits per heavy atom. The van der Waals surface area contributed by atoms with Crippen molar-refractivity contribution in [2.45, 2.75) is 52.4 Å². The number of unbranched alkanes of at least 4 members (excludes halogenated alkanes) is 2. The number of rotatable bonds is 11. The van der Waals surface area contributed by atoms with Crippen LogP contribution in [0.3, 0.4) is 0 Å². The maximum Gasteiger partial charge on any atom is 0.139 e. The summed E-state index contributed by atoms with van der Waals surface area (Å²) in [5.74, 6) is 0.00321. The molecule has 0 saturated carbocycles. The molecule has 0 N–H and O–H groups in total. The van der Waals surface area contributed by atoms with Gasteiger partial charge in [0.1, 0.15) is 15.4 Å². The molecule has 1 aromatic rings. The van der Waals surface area contributed by atoms with E-state index in [1.165, 1.54) is 10.8 Å². The van der Waals surface area contributed by atoms with E-state index >= 15 is 0 Å². The first kappa shape index (κ1) is 18.1. The highest BCUT2D eigenvalue weighted by Crippen LogP contribution is 2.09. The third kappa shape index (κ3) is 7.60. The molecular weight excluding hydrogens is 276 g/mol. The third-order valence-corrected chi connectivity index (χ3v) is 5.14. The van der Waals surface area contributed by atoms with E-state index < -0.39 is 9.52 Å².